The van der Waals surface area contributed by atoms with Gasteiger partial charge in [0.15, 0.2) is 0 Å². The average Bonchev–Trinajstić information content (AvgIpc) is 2.71. The minimum atomic E-state index is -0.495. The third kappa shape index (κ3) is 2.10. The van der Waals surface area contributed by atoms with E-state index in [-0.39, 0.29) is 29.9 Å². The Morgan fingerprint density at radius 1 is 1.29 bits per heavy atom. The number of esters is 1. The van der Waals surface area contributed by atoms with Crippen LogP contribution in [0.4, 0.5) is 4.79 Å². The fourth-order valence-electron chi connectivity index (χ4n) is 2.64. The minimum absolute atomic E-state index is 0.0256. The standard InChI is InChI=1S/C12H19NO4/c1-12(2,3)17-11(15)13-6-7-5-8(13)9(7)10(14)16-4/h7-9H,5-6H2,1-4H3/t7-,8-,9-/m0/s1. The number of nitrogens with zero attached hydrogens (tertiary/aromatic N) is 1. The van der Waals surface area contributed by atoms with Crippen LogP contribution >= 0.6 is 0 Å². The summed E-state index contributed by atoms with van der Waals surface area (Å²) in [4.78, 5) is 25.1. The highest BCUT2D eigenvalue weighted by molar-refractivity contribution is 5.78. The highest BCUT2D eigenvalue weighted by Crippen LogP contribution is 2.47. The Morgan fingerprint density at radius 3 is 2.47 bits per heavy atom. The lowest BCUT2D eigenvalue weighted by Crippen LogP contribution is -2.46. The monoisotopic (exact) mass is 241 g/mol. The second kappa shape index (κ2) is 3.89. The molecule has 5 heteroatoms. The van der Waals surface area contributed by atoms with Gasteiger partial charge in [-0.25, -0.2) is 4.79 Å². The van der Waals surface area contributed by atoms with Crippen LogP contribution in [0, 0.1) is 11.8 Å². The first-order valence-corrected chi connectivity index (χ1v) is 5.91. The predicted molar refractivity (Wildman–Crippen MR) is 60.3 cm³/mol. The van der Waals surface area contributed by atoms with Crippen molar-refractivity contribution in [3.8, 4) is 0 Å². The Bertz CT molecular complexity index is 347. The van der Waals surface area contributed by atoms with Gasteiger partial charge < -0.3 is 14.4 Å². The normalized spacial score (nSPS) is 30.8. The number of hydrogen-bond donors (Lipinski definition) is 0. The predicted octanol–water partition coefficient (Wildman–Crippen LogP) is 1.41. The molecule has 0 aromatic carbocycles. The Labute approximate surface area is 101 Å². The van der Waals surface area contributed by atoms with E-state index >= 15 is 0 Å². The van der Waals surface area contributed by atoms with Gasteiger partial charge in [-0.1, -0.05) is 0 Å². The third-order valence-corrected chi connectivity index (χ3v) is 3.40. The van der Waals surface area contributed by atoms with E-state index in [9.17, 15) is 9.59 Å². The lowest BCUT2D eigenvalue weighted by atomic mass is 9.74. The van der Waals surface area contributed by atoms with E-state index in [2.05, 4.69) is 0 Å². The molecular weight excluding hydrogens is 222 g/mol. The molecule has 1 aliphatic carbocycles. The number of amides is 1. The van der Waals surface area contributed by atoms with Crippen LogP contribution in [-0.4, -0.2) is 42.3 Å². The zero-order valence-corrected chi connectivity index (χ0v) is 10.7. The molecular formula is C12H19NO4. The van der Waals surface area contributed by atoms with Crippen molar-refractivity contribution in [3.63, 3.8) is 0 Å². The largest absolute Gasteiger partial charge is 0.469 e. The van der Waals surface area contributed by atoms with Gasteiger partial charge in [-0.2, -0.15) is 0 Å². The van der Waals surface area contributed by atoms with E-state index in [0.717, 1.165) is 6.42 Å². The highest BCUT2D eigenvalue weighted by atomic mass is 16.6. The van der Waals surface area contributed by atoms with Gasteiger partial charge in [-0.05, 0) is 33.1 Å². The van der Waals surface area contributed by atoms with Gasteiger partial charge in [0.2, 0.25) is 0 Å². The lowest BCUT2D eigenvalue weighted by Gasteiger charge is -2.34. The number of rotatable bonds is 1. The van der Waals surface area contributed by atoms with Gasteiger partial charge in [-0.3, -0.25) is 4.79 Å². The van der Waals surface area contributed by atoms with Gasteiger partial charge in [0, 0.05) is 12.6 Å². The number of carbonyl (C=O) groups is 2. The first kappa shape index (κ1) is 12.2. The van der Waals surface area contributed by atoms with Gasteiger partial charge in [-0.15, -0.1) is 0 Å². The number of fused-ring (bicyclic) bond motifs is 1. The maximum Gasteiger partial charge on any atom is 0.410 e. The molecule has 2 bridgehead atoms. The fourth-order valence-corrected chi connectivity index (χ4v) is 2.64. The zero-order valence-electron chi connectivity index (χ0n) is 10.7. The van der Waals surface area contributed by atoms with Crippen LogP contribution in [0.15, 0.2) is 0 Å². The summed E-state index contributed by atoms with van der Waals surface area (Å²) in [5.74, 6) is -0.107. The Balaban J connectivity index is 1.98. The van der Waals surface area contributed by atoms with Crippen molar-refractivity contribution >= 4 is 12.1 Å². The first-order valence-electron chi connectivity index (χ1n) is 5.91. The second-order valence-corrected chi connectivity index (χ2v) is 5.74. The molecule has 0 aromatic rings. The zero-order chi connectivity index (χ0) is 12.8. The molecule has 1 amide bonds. The molecule has 2 saturated heterocycles. The van der Waals surface area contributed by atoms with Crippen LogP contribution in [0.1, 0.15) is 27.2 Å². The smallest absolute Gasteiger partial charge is 0.410 e. The fraction of sp³-hybridized carbons (Fsp3) is 0.833. The molecule has 0 N–H and O–H groups in total. The maximum atomic E-state index is 11.9. The van der Waals surface area contributed by atoms with Crippen molar-refractivity contribution < 1.29 is 19.1 Å². The van der Waals surface area contributed by atoms with Crippen LogP contribution in [-0.2, 0) is 14.3 Å². The van der Waals surface area contributed by atoms with Crippen LogP contribution in [0.2, 0.25) is 0 Å². The van der Waals surface area contributed by atoms with Crippen molar-refractivity contribution in [2.24, 2.45) is 11.8 Å². The number of ether oxygens (including phenoxy) is 2. The topological polar surface area (TPSA) is 55.8 Å². The summed E-state index contributed by atoms with van der Waals surface area (Å²) in [6, 6.07) is -0.0256. The van der Waals surface area contributed by atoms with Gasteiger partial charge in [0.1, 0.15) is 5.60 Å². The van der Waals surface area contributed by atoms with Gasteiger partial charge >= 0.3 is 12.1 Å². The van der Waals surface area contributed by atoms with E-state index in [0.29, 0.717) is 6.54 Å². The van der Waals surface area contributed by atoms with E-state index < -0.39 is 5.60 Å². The summed E-state index contributed by atoms with van der Waals surface area (Å²) in [6.07, 6.45) is 0.565. The van der Waals surface area contributed by atoms with Crippen molar-refractivity contribution in [1.82, 2.24) is 4.90 Å². The summed E-state index contributed by atoms with van der Waals surface area (Å²) < 4.78 is 10.1. The molecule has 3 fully saturated rings. The summed E-state index contributed by atoms with van der Waals surface area (Å²) >= 11 is 0. The molecule has 1 saturated carbocycles. The number of methoxy groups -OCH3 is 1. The number of hydrogen-bond acceptors (Lipinski definition) is 4. The molecule has 3 aliphatic rings. The minimum Gasteiger partial charge on any atom is -0.469 e. The summed E-state index contributed by atoms with van der Waals surface area (Å²) in [5.41, 5.74) is -0.495. The average molecular weight is 241 g/mol. The second-order valence-electron chi connectivity index (χ2n) is 5.74. The summed E-state index contributed by atoms with van der Waals surface area (Å²) in [6.45, 7) is 6.12. The van der Waals surface area contributed by atoms with Crippen LogP contribution in [0.3, 0.4) is 0 Å². The number of carbonyl (C=O) groups excluding carboxylic acids is 2. The molecule has 2 heterocycles. The van der Waals surface area contributed by atoms with E-state index in [1.807, 2.05) is 20.8 Å². The van der Waals surface area contributed by atoms with Crippen LogP contribution in [0.25, 0.3) is 0 Å². The summed E-state index contributed by atoms with van der Waals surface area (Å²) in [5, 5.41) is 0. The molecule has 3 atom stereocenters. The van der Waals surface area contributed by atoms with Crippen molar-refractivity contribution in [3.05, 3.63) is 0 Å². The Kier molecular flexibility index (Phi) is 2.79. The van der Waals surface area contributed by atoms with Crippen LogP contribution < -0.4 is 0 Å². The molecule has 96 valence electrons. The van der Waals surface area contributed by atoms with E-state index in [4.69, 9.17) is 9.47 Å². The first-order chi connectivity index (χ1) is 7.83. The molecule has 3 rings (SSSR count). The SMILES string of the molecule is COC(=O)[C@H]1[C@H]2C[C@@H]1N(C(=O)OC(C)(C)C)C2. The van der Waals surface area contributed by atoms with Crippen molar-refractivity contribution in [2.75, 3.05) is 13.7 Å². The van der Waals surface area contributed by atoms with E-state index in [1.54, 1.807) is 4.90 Å². The lowest BCUT2D eigenvalue weighted by molar-refractivity contribution is -0.151. The Hall–Kier alpha value is -1.26. The quantitative estimate of drug-likeness (QED) is 0.651. The van der Waals surface area contributed by atoms with Crippen molar-refractivity contribution in [1.29, 1.82) is 0 Å². The van der Waals surface area contributed by atoms with Gasteiger partial charge in [0.05, 0.1) is 13.0 Å². The third-order valence-electron chi connectivity index (χ3n) is 3.40. The molecule has 5 nitrogen and oxygen atoms in total. The maximum absolute atomic E-state index is 11.9. The van der Waals surface area contributed by atoms with E-state index in [1.165, 1.54) is 7.11 Å². The molecule has 0 radical (unpaired) electrons. The summed E-state index contributed by atoms with van der Waals surface area (Å²) in [7, 11) is 1.39. The molecule has 0 aromatic heterocycles. The highest BCUT2D eigenvalue weighted by Gasteiger charge is 2.58. The van der Waals surface area contributed by atoms with Crippen molar-refractivity contribution in [2.45, 2.75) is 38.8 Å². The molecule has 2 aliphatic heterocycles. The molecule has 0 unspecified atom stereocenters. The van der Waals surface area contributed by atoms with Crippen LogP contribution in [0.5, 0.6) is 0 Å². The molecule has 17 heavy (non-hydrogen) atoms. The van der Waals surface area contributed by atoms with Gasteiger partial charge in [0.25, 0.3) is 0 Å². The molecule has 0 spiro atoms. The Morgan fingerprint density at radius 2 is 1.94 bits per heavy atom.